The summed E-state index contributed by atoms with van der Waals surface area (Å²) >= 11 is 0. The Morgan fingerprint density at radius 3 is 1.82 bits per heavy atom. The largest absolute Gasteiger partial charge is 0.472 e. The average molecular weight is 823 g/mol. The van der Waals surface area contributed by atoms with Crippen molar-refractivity contribution in [1.82, 2.24) is 0 Å². The lowest BCUT2D eigenvalue weighted by Gasteiger charge is -2.24. The van der Waals surface area contributed by atoms with E-state index < -0.39 is 38.6 Å². The lowest BCUT2D eigenvalue weighted by atomic mass is 10.0. The van der Waals surface area contributed by atoms with Gasteiger partial charge < -0.3 is 24.0 Å². The number of unbranched alkanes of at least 4 members (excludes halogenated alkanes) is 12. The number of ether oxygens (including phenoxy) is 2. The minimum absolute atomic E-state index is 0.00650. The highest BCUT2D eigenvalue weighted by Crippen LogP contribution is 2.43. The molecule has 0 rings (SSSR count). The second-order valence-corrected chi connectivity index (χ2v) is 17.0. The van der Waals surface area contributed by atoms with E-state index in [-0.39, 0.29) is 26.1 Å². The highest BCUT2D eigenvalue weighted by Gasteiger charge is 2.27. The van der Waals surface area contributed by atoms with Gasteiger partial charge in [0.05, 0.1) is 33.9 Å². The zero-order valence-corrected chi connectivity index (χ0v) is 37.3. The Balaban J connectivity index is 4.57. The zero-order valence-electron chi connectivity index (χ0n) is 36.4. The predicted octanol–water partition coefficient (Wildman–Crippen LogP) is 11.2. The molecule has 0 amide bonds. The van der Waals surface area contributed by atoms with Crippen molar-refractivity contribution in [3.8, 4) is 0 Å². The van der Waals surface area contributed by atoms with Crippen LogP contribution in [0.25, 0.3) is 0 Å². The molecule has 11 heteroatoms. The van der Waals surface area contributed by atoms with Crippen molar-refractivity contribution in [2.24, 2.45) is 0 Å². The van der Waals surface area contributed by atoms with E-state index in [1.54, 1.807) is 6.08 Å². The number of nitrogens with zero attached hydrogens (tertiary/aromatic N) is 1. The van der Waals surface area contributed by atoms with Crippen LogP contribution in [0.5, 0.6) is 0 Å². The maximum Gasteiger partial charge on any atom is 0.472 e. The molecular weight excluding hydrogens is 741 g/mol. The third kappa shape index (κ3) is 41.4. The molecule has 57 heavy (non-hydrogen) atoms. The van der Waals surface area contributed by atoms with Crippen LogP contribution in [-0.2, 0) is 32.7 Å². The molecule has 0 aromatic carbocycles. The standard InChI is InChI=1S/C46H80NO9P/c1-6-8-10-12-14-15-16-17-18-22-25-29-33-37-45(49)53-41-44(42-55-57(51,52)54-40-39-47(3,4)5)56-46(50)38-34-30-26-23-20-19-21-24-28-32-36-43(48)35-31-27-13-11-9-7-2/h9,11,19-20,24,26-28,30-32,36,43-44,48H,6-8,10,12-18,21-23,25,29,33-35,37-42H2,1-5H3/p+1/b11-9-,20-19-,28-24-,30-26-,31-27-,36-32+/t43?,44-/m1/s1. The first-order valence-electron chi connectivity index (χ1n) is 21.8. The van der Waals surface area contributed by atoms with Crippen LogP contribution in [0.15, 0.2) is 72.9 Å². The smallest absolute Gasteiger partial charge is 0.462 e. The van der Waals surface area contributed by atoms with Crippen molar-refractivity contribution in [2.75, 3.05) is 47.5 Å². The number of hydrogen-bond acceptors (Lipinski definition) is 8. The van der Waals surface area contributed by atoms with Crippen LogP contribution >= 0.6 is 7.82 Å². The molecule has 0 aromatic rings. The van der Waals surface area contributed by atoms with E-state index in [0.29, 0.717) is 30.3 Å². The number of quaternary nitrogens is 1. The molecular formula is C46H81NO9P+. The molecule has 0 fully saturated rings. The van der Waals surface area contributed by atoms with E-state index in [2.05, 4.69) is 32.1 Å². The molecule has 0 aromatic heterocycles. The highest BCUT2D eigenvalue weighted by molar-refractivity contribution is 7.47. The summed E-state index contributed by atoms with van der Waals surface area (Å²) in [6.45, 7) is 4.12. The number of phosphoric ester groups is 1. The number of esters is 2. The van der Waals surface area contributed by atoms with Gasteiger partial charge in [-0.2, -0.15) is 0 Å². The molecule has 0 aliphatic rings. The number of hydrogen-bond donors (Lipinski definition) is 2. The van der Waals surface area contributed by atoms with Crippen LogP contribution in [0, 0.1) is 0 Å². The first-order valence-corrected chi connectivity index (χ1v) is 23.3. The molecule has 0 heterocycles. The number of aliphatic hydroxyl groups excluding tert-OH is 1. The molecule has 328 valence electrons. The van der Waals surface area contributed by atoms with E-state index in [1.807, 2.05) is 69.8 Å². The highest BCUT2D eigenvalue weighted by atomic mass is 31.2. The summed E-state index contributed by atoms with van der Waals surface area (Å²) in [5.74, 6) is -0.930. The van der Waals surface area contributed by atoms with Gasteiger partial charge in [0.2, 0.25) is 0 Å². The van der Waals surface area contributed by atoms with Crippen LogP contribution < -0.4 is 0 Å². The number of aliphatic hydroxyl groups is 1. The molecule has 0 saturated heterocycles. The summed E-state index contributed by atoms with van der Waals surface area (Å²) in [6, 6.07) is 0. The van der Waals surface area contributed by atoms with Gasteiger partial charge in [-0.25, -0.2) is 4.57 Å². The van der Waals surface area contributed by atoms with E-state index in [4.69, 9.17) is 18.5 Å². The van der Waals surface area contributed by atoms with Crippen molar-refractivity contribution in [1.29, 1.82) is 0 Å². The predicted molar refractivity (Wildman–Crippen MR) is 235 cm³/mol. The molecule has 2 unspecified atom stereocenters. The summed E-state index contributed by atoms with van der Waals surface area (Å²) in [4.78, 5) is 35.3. The van der Waals surface area contributed by atoms with E-state index >= 15 is 0 Å². The Morgan fingerprint density at radius 1 is 0.649 bits per heavy atom. The van der Waals surface area contributed by atoms with Crippen molar-refractivity contribution in [3.05, 3.63) is 72.9 Å². The van der Waals surface area contributed by atoms with Crippen molar-refractivity contribution in [2.45, 2.75) is 161 Å². The van der Waals surface area contributed by atoms with Gasteiger partial charge in [0.25, 0.3) is 0 Å². The third-order valence-corrected chi connectivity index (χ3v) is 9.83. The maximum absolute atomic E-state index is 12.7. The molecule has 0 aliphatic carbocycles. The van der Waals surface area contributed by atoms with Gasteiger partial charge in [0, 0.05) is 12.8 Å². The second kappa shape index (κ2) is 37.7. The minimum Gasteiger partial charge on any atom is -0.462 e. The SMILES string of the molecule is CC/C=C\C/C=C\CC(O)/C=C/C=C\C/C=C\C/C=C\CCC(=O)O[C@H](COC(=O)CCCCCCCCCCCCCCC)COP(=O)(O)OCC[N+](C)(C)C. The fourth-order valence-corrected chi connectivity index (χ4v) is 6.16. The summed E-state index contributed by atoms with van der Waals surface area (Å²) in [5.41, 5.74) is 0. The number of likely N-dealkylation sites (N-methyl/N-ethyl adjacent to an activating group) is 1. The normalized spacial score (nSPS) is 14.9. The quantitative estimate of drug-likeness (QED) is 0.0156. The molecule has 0 radical (unpaired) electrons. The fraction of sp³-hybridized carbons (Fsp3) is 0.696. The monoisotopic (exact) mass is 823 g/mol. The summed E-state index contributed by atoms with van der Waals surface area (Å²) in [6.07, 6.45) is 42.8. The zero-order chi connectivity index (χ0) is 42.3. The van der Waals surface area contributed by atoms with Crippen molar-refractivity contribution < 1.29 is 47.2 Å². The summed E-state index contributed by atoms with van der Waals surface area (Å²) in [7, 11) is 1.39. The summed E-state index contributed by atoms with van der Waals surface area (Å²) in [5, 5.41) is 10.0. The fourth-order valence-electron chi connectivity index (χ4n) is 5.42. The van der Waals surface area contributed by atoms with Crippen molar-refractivity contribution >= 4 is 19.8 Å². The van der Waals surface area contributed by atoms with Gasteiger partial charge in [-0.3, -0.25) is 18.6 Å². The van der Waals surface area contributed by atoms with Crippen molar-refractivity contribution in [3.63, 3.8) is 0 Å². The average Bonchev–Trinajstić information content (AvgIpc) is 3.15. The number of rotatable bonds is 38. The Hall–Kier alpha value is -2.59. The lowest BCUT2D eigenvalue weighted by molar-refractivity contribution is -0.870. The van der Waals surface area contributed by atoms with Crippen LogP contribution in [0.3, 0.4) is 0 Å². The molecule has 0 bridgehead atoms. The first kappa shape index (κ1) is 54.4. The van der Waals surface area contributed by atoms with Crippen LogP contribution in [0.4, 0.5) is 0 Å². The number of phosphoric acid groups is 1. The molecule has 0 aliphatic heterocycles. The maximum atomic E-state index is 12.7. The Labute approximate surface area is 347 Å². The Bertz CT molecular complexity index is 1220. The molecule has 3 atom stereocenters. The molecule has 0 spiro atoms. The van der Waals surface area contributed by atoms with Gasteiger partial charge in [0.1, 0.15) is 19.8 Å². The molecule has 2 N–H and O–H groups in total. The van der Waals surface area contributed by atoms with Gasteiger partial charge in [-0.05, 0) is 44.9 Å². The third-order valence-electron chi connectivity index (χ3n) is 8.84. The van der Waals surface area contributed by atoms with Crippen LogP contribution in [0.2, 0.25) is 0 Å². The summed E-state index contributed by atoms with van der Waals surface area (Å²) < 4.78 is 34.1. The number of carbonyl (C=O) groups excluding carboxylic acids is 2. The van der Waals surface area contributed by atoms with E-state index in [0.717, 1.165) is 38.5 Å². The van der Waals surface area contributed by atoms with Gasteiger partial charge >= 0.3 is 19.8 Å². The number of carbonyl (C=O) groups is 2. The second-order valence-electron chi connectivity index (χ2n) is 15.6. The van der Waals surface area contributed by atoms with Gasteiger partial charge in [-0.1, -0.05) is 164 Å². The van der Waals surface area contributed by atoms with Gasteiger partial charge in [-0.15, -0.1) is 0 Å². The topological polar surface area (TPSA) is 129 Å². The van der Waals surface area contributed by atoms with E-state index in [9.17, 15) is 24.2 Å². The van der Waals surface area contributed by atoms with Gasteiger partial charge in [0.15, 0.2) is 6.10 Å². The molecule has 10 nitrogen and oxygen atoms in total. The van der Waals surface area contributed by atoms with Crippen LogP contribution in [0.1, 0.15) is 149 Å². The Morgan fingerprint density at radius 2 is 1.21 bits per heavy atom. The molecule has 0 saturated carbocycles. The minimum atomic E-state index is -4.41. The van der Waals surface area contributed by atoms with Crippen LogP contribution in [-0.4, -0.2) is 86.1 Å². The first-order chi connectivity index (χ1) is 27.4. The Kier molecular flexibility index (Phi) is 36.0. The number of allylic oxidation sites excluding steroid dienone is 10. The lowest BCUT2D eigenvalue weighted by Crippen LogP contribution is -2.37. The van der Waals surface area contributed by atoms with E-state index in [1.165, 1.54) is 64.2 Å².